The van der Waals surface area contributed by atoms with Gasteiger partial charge in [0.05, 0.1) is 20.3 Å². The molecule has 2 aromatic rings. The molecular weight excluding hydrogens is 532 g/mol. The minimum Gasteiger partial charge on any atom is -0.481 e. The number of carboxylic acids is 1. The van der Waals surface area contributed by atoms with Crippen molar-refractivity contribution in [2.24, 2.45) is 17.3 Å². The number of ether oxygens (including phenoxy) is 2. The van der Waals surface area contributed by atoms with Crippen LogP contribution in [0.15, 0.2) is 30.6 Å². The van der Waals surface area contributed by atoms with E-state index in [2.05, 4.69) is 62.9 Å². The molecule has 1 aliphatic carbocycles. The molecule has 4 rings (SSSR count). The second-order valence-electron chi connectivity index (χ2n) is 13.9. The lowest BCUT2D eigenvalue weighted by Gasteiger charge is -2.36. The predicted octanol–water partition coefficient (Wildman–Crippen LogP) is 5.53. The van der Waals surface area contributed by atoms with Gasteiger partial charge in [0.15, 0.2) is 0 Å². The van der Waals surface area contributed by atoms with Crippen LogP contribution in [0.25, 0.3) is 0 Å². The smallest absolute Gasteiger partial charge is 0.326 e. The Morgan fingerprint density at radius 2 is 1.69 bits per heavy atom. The van der Waals surface area contributed by atoms with E-state index in [1.54, 1.807) is 25.3 Å². The van der Waals surface area contributed by atoms with Gasteiger partial charge in [0.1, 0.15) is 6.04 Å². The van der Waals surface area contributed by atoms with Gasteiger partial charge in [-0.3, -0.25) is 4.79 Å². The average Bonchev–Trinajstić information content (AvgIpc) is 3.31. The molecule has 1 saturated carbocycles. The van der Waals surface area contributed by atoms with E-state index < -0.39 is 35.4 Å². The van der Waals surface area contributed by atoms with E-state index >= 15 is 0 Å². The maximum Gasteiger partial charge on any atom is 0.326 e. The lowest BCUT2D eigenvalue weighted by molar-refractivity contribution is -0.154. The molecule has 4 atom stereocenters. The Morgan fingerprint density at radius 1 is 1.02 bits per heavy atom. The third-order valence-corrected chi connectivity index (χ3v) is 8.95. The van der Waals surface area contributed by atoms with Crippen LogP contribution in [0.3, 0.4) is 0 Å². The molecule has 2 aliphatic rings. The minimum absolute atomic E-state index is 0.0921. The highest BCUT2D eigenvalue weighted by molar-refractivity contribution is 5.87. The monoisotopic (exact) mass is 580 g/mol. The summed E-state index contributed by atoms with van der Waals surface area (Å²) in [6.45, 7) is 12.9. The standard InChI is InChI=1S/C33H48N4O5/c1-32(2,3)22-17-21(28(41-7)36-19-22)18-35-25-24(33(4,5)6)27(31(39)40)37(30(38)20-13-10-9-11-14-20)26(25)23-15-12-16-34-29(23)42-8/h12,15-17,19-20,24-27,35H,9-11,13-14,18H2,1-8H3,(H,39,40)/t24-,25-,26-,27-/m0/s1. The highest BCUT2D eigenvalue weighted by Gasteiger charge is 2.59. The van der Waals surface area contributed by atoms with Crippen molar-refractivity contribution in [3.63, 3.8) is 0 Å². The van der Waals surface area contributed by atoms with Crippen LogP contribution in [0.2, 0.25) is 0 Å². The highest BCUT2D eigenvalue weighted by atomic mass is 16.5. The molecule has 1 saturated heterocycles. The second-order valence-corrected chi connectivity index (χ2v) is 13.9. The zero-order valence-corrected chi connectivity index (χ0v) is 26.4. The highest BCUT2D eigenvalue weighted by Crippen LogP contribution is 2.50. The summed E-state index contributed by atoms with van der Waals surface area (Å²) in [6, 6.07) is 3.78. The third kappa shape index (κ3) is 6.41. The Morgan fingerprint density at radius 3 is 2.26 bits per heavy atom. The molecule has 0 aromatic carbocycles. The number of hydrogen-bond donors (Lipinski definition) is 2. The fraction of sp³-hybridized carbons (Fsp3) is 0.636. The summed E-state index contributed by atoms with van der Waals surface area (Å²) in [5.74, 6) is -0.791. The van der Waals surface area contributed by atoms with Gasteiger partial charge in [-0.25, -0.2) is 14.8 Å². The number of methoxy groups -OCH3 is 2. The fourth-order valence-corrected chi connectivity index (χ4v) is 6.86. The number of carboxylic acid groups (broad SMARTS) is 1. The number of amides is 1. The molecule has 0 radical (unpaired) electrons. The van der Waals surface area contributed by atoms with Gasteiger partial charge in [0, 0.05) is 47.9 Å². The summed E-state index contributed by atoms with van der Waals surface area (Å²) >= 11 is 0. The molecule has 42 heavy (non-hydrogen) atoms. The molecule has 230 valence electrons. The van der Waals surface area contributed by atoms with Crippen molar-refractivity contribution in [3.8, 4) is 11.8 Å². The van der Waals surface area contributed by atoms with E-state index in [4.69, 9.17) is 9.47 Å². The van der Waals surface area contributed by atoms with Gasteiger partial charge in [-0.15, -0.1) is 0 Å². The van der Waals surface area contributed by atoms with E-state index in [1.807, 2.05) is 18.3 Å². The van der Waals surface area contributed by atoms with Gasteiger partial charge in [0.25, 0.3) is 0 Å². The summed E-state index contributed by atoms with van der Waals surface area (Å²) in [7, 11) is 3.16. The molecule has 0 spiro atoms. The van der Waals surface area contributed by atoms with Crippen LogP contribution in [0, 0.1) is 17.3 Å². The van der Waals surface area contributed by atoms with Gasteiger partial charge < -0.3 is 24.8 Å². The SMILES string of the molecule is COc1ncc(C(C)(C)C)cc1CN[C@H]1[C@H](C(C)(C)C)[C@@H](C(=O)O)N(C(=O)C2CCCCC2)[C@H]1c1cccnc1OC. The summed E-state index contributed by atoms with van der Waals surface area (Å²) in [5.41, 5.74) is 2.08. The maximum atomic E-state index is 14.4. The number of carbonyl (C=O) groups excluding carboxylic acids is 1. The first kappa shape index (κ1) is 31.7. The number of hydrogen-bond acceptors (Lipinski definition) is 7. The zero-order chi connectivity index (χ0) is 30.8. The van der Waals surface area contributed by atoms with Crippen LogP contribution in [0.1, 0.15) is 96.4 Å². The van der Waals surface area contributed by atoms with Crippen molar-refractivity contribution < 1.29 is 24.2 Å². The number of aromatic nitrogens is 2. The largest absolute Gasteiger partial charge is 0.481 e. The first-order valence-corrected chi connectivity index (χ1v) is 15.1. The van der Waals surface area contributed by atoms with E-state index in [1.165, 1.54) is 0 Å². The van der Waals surface area contributed by atoms with Gasteiger partial charge in [-0.1, -0.05) is 60.8 Å². The topological polar surface area (TPSA) is 114 Å². The van der Waals surface area contributed by atoms with E-state index in [0.29, 0.717) is 23.9 Å². The second kappa shape index (κ2) is 12.6. The number of likely N-dealkylation sites (tertiary alicyclic amines) is 1. The summed E-state index contributed by atoms with van der Waals surface area (Å²) < 4.78 is 11.3. The molecule has 1 aliphatic heterocycles. The molecule has 9 nitrogen and oxygen atoms in total. The minimum atomic E-state index is -1.02. The van der Waals surface area contributed by atoms with E-state index in [0.717, 1.165) is 43.2 Å². The van der Waals surface area contributed by atoms with E-state index in [9.17, 15) is 14.7 Å². The maximum absolute atomic E-state index is 14.4. The van der Waals surface area contributed by atoms with Crippen LogP contribution in [0.5, 0.6) is 11.8 Å². The lowest BCUT2D eigenvalue weighted by Crippen LogP contribution is -2.49. The molecular formula is C33H48N4O5. The van der Waals surface area contributed by atoms with Gasteiger partial charge >= 0.3 is 5.97 Å². The summed E-state index contributed by atoms with van der Waals surface area (Å²) in [6.07, 6.45) is 8.10. The van der Waals surface area contributed by atoms with Crippen LogP contribution in [-0.4, -0.2) is 58.2 Å². The first-order valence-electron chi connectivity index (χ1n) is 15.1. The van der Waals surface area contributed by atoms with Gasteiger partial charge in [0.2, 0.25) is 17.7 Å². The molecule has 2 fully saturated rings. The summed E-state index contributed by atoms with van der Waals surface area (Å²) in [5, 5.41) is 14.5. The number of nitrogens with zero attached hydrogens (tertiary/aromatic N) is 3. The predicted molar refractivity (Wildman–Crippen MR) is 161 cm³/mol. The Balaban J connectivity index is 1.86. The molecule has 2 N–H and O–H groups in total. The van der Waals surface area contributed by atoms with Gasteiger partial charge in [-0.2, -0.15) is 0 Å². The number of carbonyl (C=O) groups is 2. The van der Waals surface area contributed by atoms with Crippen molar-refractivity contribution in [3.05, 3.63) is 47.3 Å². The lowest BCUT2D eigenvalue weighted by atomic mass is 9.72. The first-order chi connectivity index (χ1) is 19.8. The van der Waals surface area contributed by atoms with Crippen LogP contribution in [-0.2, 0) is 21.5 Å². The van der Waals surface area contributed by atoms with Crippen LogP contribution < -0.4 is 14.8 Å². The average molecular weight is 581 g/mol. The molecule has 3 heterocycles. The number of pyridine rings is 2. The van der Waals surface area contributed by atoms with Crippen molar-refractivity contribution in [1.29, 1.82) is 0 Å². The molecule has 2 aromatic heterocycles. The number of nitrogens with one attached hydrogen (secondary N) is 1. The zero-order valence-electron chi connectivity index (χ0n) is 26.4. The van der Waals surface area contributed by atoms with Crippen molar-refractivity contribution in [2.45, 2.75) is 104 Å². The van der Waals surface area contributed by atoms with Crippen molar-refractivity contribution in [1.82, 2.24) is 20.2 Å². The summed E-state index contributed by atoms with van der Waals surface area (Å²) in [4.78, 5) is 38.2. The Hall–Kier alpha value is -3.20. The number of aliphatic carboxylic acids is 1. The van der Waals surface area contributed by atoms with Crippen molar-refractivity contribution >= 4 is 11.9 Å². The molecule has 0 bridgehead atoms. The molecule has 1 amide bonds. The van der Waals surface area contributed by atoms with Crippen molar-refractivity contribution in [2.75, 3.05) is 14.2 Å². The van der Waals surface area contributed by atoms with E-state index in [-0.39, 0.29) is 17.2 Å². The van der Waals surface area contributed by atoms with Gasteiger partial charge in [-0.05, 0) is 47.4 Å². The molecule has 0 unspecified atom stereocenters. The Kier molecular flexibility index (Phi) is 9.50. The third-order valence-electron chi connectivity index (χ3n) is 8.95. The van der Waals surface area contributed by atoms with Crippen LogP contribution in [0.4, 0.5) is 0 Å². The van der Waals surface area contributed by atoms with Crippen LogP contribution >= 0.6 is 0 Å². The quantitative estimate of drug-likeness (QED) is 0.419. The fourth-order valence-electron chi connectivity index (χ4n) is 6.86. The number of rotatable bonds is 8. The molecule has 9 heteroatoms. The Labute approximate surface area is 250 Å². The normalized spacial score (nSPS) is 23.6. The Bertz CT molecular complexity index is 1260.